The van der Waals surface area contributed by atoms with E-state index in [0.29, 0.717) is 25.4 Å². The highest BCUT2D eigenvalue weighted by Gasteiger charge is 2.20. The largest absolute Gasteiger partial charge is 0.357 e. The Morgan fingerprint density at radius 3 is 2.89 bits per heavy atom. The van der Waals surface area contributed by atoms with E-state index in [1.807, 2.05) is 29.8 Å². The Balaban J connectivity index is 0.00000364. The molecule has 27 heavy (non-hydrogen) atoms. The minimum Gasteiger partial charge on any atom is -0.357 e. The van der Waals surface area contributed by atoms with E-state index < -0.39 is 0 Å². The summed E-state index contributed by atoms with van der Waals surface area (Å²) < 4.78 is 13.4. The molecule has 1 aromatic carbocycles. The number of halogens is 2. The summed E-state index contributed by atoms with van der Waals surface area (Å²) in [7, 11) is 1.92. The molecule has 0 spiro atoms. The number of benzene rings is 1. The Morgan fingerprint density at radius 2 is 2.22 bits per heavy atom. The third kappa shape index (κ3) is 8.02. The van der Waals surface area contributed by atoms with Gasteiger partial charge in [0.25, 0.3) is 0 Å². The summed E-state index contributed by atoms with van der Waals surface area (Å²) in [6, 6.07) is 6.57. The molecule has 1 heterocycles. The number of nitrogens with one attached hydrogen (secondary N) is 1. The molecule has 1 N–H and O–H groups in total. The quantitative estimate of drug-likeness (QED) is 0.378. The molecule has 1 fully saturated rings. The Kier molecular flexibility index (Phi) is 10.6. The number of carbonyl (C=O) groups excluding carboxylic acids is 1. The lowest BCUT2D eigenvalue weighted by atomic mass is 10.00. The summed E-state index contributed by atoms with van der Waals surface area (Å²) in [4.78, 5) is 20.9. The van der Waals surface area contributed by atoms with E-state index in [4.69, 9.17) is 0 Å². The van der Waals surface area contributed by atoms with Crippen LogP contribution in [0, 0.1) is 11.7 Å². The lowest BCUT2D eigenvalue weighted by molar-refractivity contribution is -0.132. The second kappa shape index (κ2) is 12.2. The van der Waals surface area contributed by atoms with Crippen molar-refractivity contribution in [2.45, 2.75) is 39.7 Å². The van der Waals surface area contributed by atoms with Crippen LogP contribution >= 0.6 is 24.0 Å². The molecule has 0 saturated carbocycles. The fourth-order valence-corrected chi connectivity index (χ4v) is 3.29. The van der Waals surface area contributed by atoms with Gasteiger partial charge in [-0.05, 0) is 43.4 Å². The highest BCUT2D eigenvalue weighted by molar-refractivity contribution is 14.0. The van der Waals surface area contributed by atoms with Gasteiger partial charge in [0.1, 0.15) is 5.82 Å². The van der Waals surface area contributed by atoms with Crippen molar-refractivity contribution in [2.75, 3.05) is 33.2 Å². The van der Waals surface area contributed by atoms with Crippen molar-refractivity contribution in [3.05, 3.63) is 35.6 Å². The van der Waals surface area contributed by atoms with Gasteiger partial charge in [-0.1, -0.05) is 19.1 Å². The molecule has 7 heteroatoms. The van der Waals surface area contributed by atoms with Crippen molar-refractivity contribution in [3.8, 4) is 0 Å². The molecule has 1 saturated heterocycles. The number of guanidine groups is 1. The molecule has 1 unspecified atom stereocenters. The summed E-state index contributed by atoms with van der Waals surface area (Å²) in [5.74, 6) is 1.27. The molecule has 0 bridgehead atoms. The van der Waals surface area contributed by atoms with Crippen LogP contribution < -0.4 is 5.32 Å². The minimum absolute atomic E-state index is 0. The number of hydrogen-bond donors (Lipinski definition) is 1. The third-order valence-corrected chi connectivity index (χ3v) is 4.60. The molecule has 152 valence electrons. The van der Waals surface area contributed by atoms with Crippen molar-refractivity contribution in [2.24, 2.45) is 10.9 Å². The molecule has 0 aromatic heterocycles. The molecular weight excluding hydrogens is 458 g/mol. The molecule has 1 aromatic rings. The number of nitrogens with zero attached hydrogens (tertiary/aromatic N) is 3. The van der Waals surface area contributed by atoms with E-state index in [0.717, 1.165) is 37.6 Å². The number of carbonyl (C=O) groups is 1. The van der Waals surface area contributed by atoms with Crippen molar-refractivity contribution < 1.29 is 9.18 Å². The van der Waals surface area contributed by atoms with Crippen LogP contribution in [0.5, 0.6) is 0 Å². The summed E-state index contributed by atoms with van der Waals surface area (Å²) in [6.07, 6.45) is 2.72. The van der Waals surface area contributed by atoms with Crippen molar-refractivity contribution in [1.29, 1.82) is 0 Å². The topological polar surface area (TPSA) is 47.9 Å². The second-order valence-corrected chi connectivity index (χ2v) is 7.06. The number of aliphatic imine (C=N–C) groups is 1. The fraction of sp³-hybridized carbons (Fsp3) is 0.600. The molecule has 2 rings (SSSR count). The van der Waals surface area contributed by atoms with Gasteiger partial charge in [0.2, 0.25) is 5.91 Å². The normalized spacial score (nSPS) is 17.3. The molecule has 1 aliphatic rings. The zero-order chi connectivity index (χ0) is 18.9. The first-order chi connectivity index (χ1) is 12.5. The predicted octanol–water partition coefficient (Wildman–Crippen LogP) is 3.49. The van der Waals surface area contributed by atoms with Crippen molar-refractivity contribution >= 4 is 35.8 Å². The lowest BCUT2D eigenvalue weighted by Crippen LogP contribution is -2.40. The third-order valence-electron chi connectivity index (χ3n) is 4.60. The van der Waals surface area contributed by atoms with Gasteiger partial charge in [-0.3, -0.25) is 9.79 Å². The van der Waals surface area contributed by atoms with Crippen molar-refractivity contribution in [1.82, 2.24) is 15.1 Å². The zero-order valence-corrected chi connectivity index (χ0v) is 18.9. The predicted molar refractivity (Wildman–Crippen MR) is 119 cm³/mol. The van der Waals surface area contributed by atoms with E-state index in [1.165, 1.54) is 18.6 Å². The van der Waals surface area contributed by atoms with Gasteiger partial charge in [-0.2, -0.15) is 0 Å². The highest BCUT2D eigenvalue weighted by Crippen LogP contribution is 2.16. The van der Waals surface area contributed by atoms with E-state index in [2.05, 4.69) is 17.2 Å². The highest BCUT2D eigenvalue weighted by atomic mass is 127. The number of hydrogen-bond acceptors (Lipinski definition) is 2. The summed E-state index contributed by atoms with van der Waals surface area (Å²) in [5, 5.41) is 3.23. The fourth-order valence-electron chi connectivity index (χ4n) is 3.29. The number of rotatable bonds is 6. The van der Waals surface area contributed by atoms with Crippen LogP contribution in [0.4, 0.5) is 4.39 Å². The maximum Gasteiger partial charge on any atom is 0.224 e. The van der Waals surface area contributed by atoms with Crippen molar-refractivity contribution in [3.63, 3.8) is 0 Å². The molecule has 0 radical (unpaired) electrons. The smallest absolute Gasteiger partial charge is 0.224 e. The molecular formula is C20H32FIN4O. The standard InChI is InChI=1S/C20H31FN4O.HI/c1-4-22-20(24(3)15-17-8-5-9-18(21)13-17)23-11-10-19(26)25-12-6-7-16(2)14-25;/h5,8-9,13,16H,4,6-7,10-12,14-15H2,1-3H3,(H,22,23);1H. The molecule has 5 nitrogen and oxygen atoms in total. The molecule has 1 amide bonds. The van der Waals surface area contributed by atoms with Gasteiger partial charge in [0, 0.05) is 39.6 Å². The minimum atomic E-state index is -0.237. The van der Waals surface area contributed by atoms with E-state index in [-0.39, 0.29) is 35.7 Å². The van der Waals surface area contributed by atoms with Crippen LogP contribution in [-0.4, -0.2) is 54.9 Å². The summed E-state index contributed by atoms with van der Waals surface area (Å²) in [5.41, 5.74) is 0.886. The first kappa shape index (κ1) is 23.7. The monoisotopic (exact) mass is 490 g/mol. The van der Waals surface area contributed by atoms with Crippen LogP contribution in [0.25, 0.3) is 0 Å². The first-order valence-corrected chi connectivity index (χ1v) is 9.51. The summed E-state index contributed by atoms with van der Waals surface area (Å²) >= 11 is 0. The average molecular weight is 490 g/mol. The second-order valence-electron chi connectivity index (χ2n) is 7.06. The van der Waals surface area contributed by atoms with Gasteiger partial charge in [0.05, 0.1) is 6.54 Å². The Labute approximate surface area is 179 Å². The van der Waals surface area contributed by atoms with Crippen LogP contribution in [-0.2, 0) is 11.3 Å². The van der Waals surface area contributed by atoms with Gasteiger partial charge in [-0.25, -0.2) is 4.39 Å². The Morgan fingerprint density at radius 1 is 1.44 bits per heavy atom. The Bertz CT molecular complexity index is 626. The van der Waals surface area contributed by atoms with E-state index in [9.17, 15) is 9.18 Å². The molecule has 0 aliphatic carbocycles. The number of likely N-dealkylation sites (tertiary alicyclic amines) is 1. The van der Waals surface area contributed by atoms with Crippen LogP contribution in [0.3, 0.4) is 0 Å². The lowest BCUT2D eigenvalue weighted by Gasteiger charge is -2.31. The maximum atomic E-state index is 13.4. The van der Waals surface area contributed by atoms with E-state index in [1.54, 1.807) is 6.07 Å². The Hall–Kier alpha value is -1.38. The van der Waals surface area contributed by atoms with Gasteiger partial charge in [0.15, 0.2) is 5.96 Å². The number of piperidine rings is 1. The SMILES string of the molecule is CCNC(=NCCC(=O)N1CCCC(C)C1)N(C)Cc1cccc(F)c1.I. The van der Waals surface area contributed by atoms with Gasteiger partial charge in [-0.15, -0.1) is 24.0 Å². The molecule has 1 atom stereocenters. The molecule has 1 aliphatic heterocycles. The maximum absolute atomic E-state index is 13.4. The van der Waals surface area contributed by atoms with Gasteiger partial charge < -0.3 is 15.1 Å². The van der Waals surface area contributed by atoms with Crippen LogP contribution in [0.15, 0.2) is 29.3 Å². The van der Waals surface area contributed by atoms with E-state index >= 15 is 0 Å². The average Bonchev–Trinajstić information content (AvgIpc) is 2.60. The van der Waals surface area contributed by atoms with Crippen LogP contribution in [0.1, 0.15) is 38.7 Å². The summed E-state index contributed by atoms with van der Waals surface area (Å²) in [6.45, 7) is 7.69. The van der Waals surface area contributed by atoms with Crippen LogP contribution in [0.2, 0.25) is 0 Å². The zero-order valence-electron chi connectivity index (χ0n) is 16.6. The van der Waals surface area contributed by atoms with Gasteiger partial charge >= 0.3 is 0 Å². The first-order valence-electron chi connectivity index (χ1n) is 9.51. The number of amides is 1.